The maximum Gasteiger partial charge on any atom is 0.258 e. The molecule has 2 aromatic rings. The fourth-order valence-electron chi connectivity index (χ4n) is 1.28. The molecule has 3 N–H and O–H groups in total. The molecule has 0 saturated carbocycles. The summed E-state index contributed by atoms with van der Waals surface area (Å²) in [5.41, 5.74) is 1.35. The molecular weight excluding hydrogens is 232 g/mol. The maximum atomic E-state index is 11.8. The number of carbonyl (C=O) groups is 1. The Labute approximate surface area is 103 Å². The number of tetrazole rings is 1. The van der Waals surface area contributed by atoms with E-state index in [1.807, 2.05) is 0 Å². The molecule has 7 nitrogen and oxygen atoms in total. The van der Waals surface area contributed by atoms with Crippen LogP contribution in [0.4, 0.5) is 11.6 Å². The summed E-state index contributed by atoms with van der Waals surface area (Å²) in [7, 11) is 0. The van der Waals surface area contributed by atoms with E-state index < -0.39 is 0 Å². The lowest BCUT2D eigenvalue weighted by atomic mass is 10.2. The van der Waals surface area contributed by atoms with E-state index in [0.717, 1.165) is 5.69 Å². The van der Waals surface area contributed by atoms with Crippen LogP contribution >= 0.6 is 0 Å². The normalized spacial score (nSPS) is 9.50. The van der Waals surface area contributed by atoms with E-state index in [0.29, 0.717) is 12.1 Å². The van der Waals surface area contributed by atoms with Crippen LogP contribution in [0.2, 0.25) is 0 Å². The van der Waals surface area contributed by atoms with Gasteiger partial charge in [-0.15, -0.1) is 6.42 Å². The number of aromatic nitrogens is 4. The summed E-state index contributed by atoms with van der Waals surface area (Å²) >= 11 is 0. The van der Waals surface area contributed by atoms with Crippen LogP contribution in [-0.2, 0) is 0 Å². The van der Waals surface area contributed by atoms with Gasteiger partial charge in [-0.2, -0.15) is 0 Å². The number of nitrogens with zero attached hydrogens (tertiary/aromatic N) is 3. The maximum absolute atomic E-state index is 11.8. The van der Waals surface area contributed by atoms with Crippen molar-refractivity contribution in [1.29, 1.82) is 0 Å². The average molecular weight is 242 g/mol. The molecule has 2 rings (SSSR count). The predicted octanol–water partition coefficient (Wildman–Crippen LogP) is 0.497. The molecule has 0 bridgehead atoms. The first kappa shape index (κ1) is 11.6. The summed E-state index contributed by atoms with van der Waals surface area (Å²) < 4.78 is 0. The highest BCUT2D eigenvalue weighted by Crippen LogP contribution is 2.10. The lowest BCUT2D eigenvalue weighted by Gasteiger charge is -2.04. The van der Waals surface area contributed by atoms with Gasteiger partial charge in [-0.05, 0) is 34.7 Å². The predicted molar refractivity (Wildman–Crippen MR) is 65.9 cm³/mol. The summed E-state index contributed by atoms with van der Waals surface area (Å²) in [4.78, 5) is 11.8. The molecule has 7 heteroatoms. The van der Waals surface area contributed by atoms with Crippen LogP contribution in [0.1, 0.15) is 10.4 Å². The zero-order valence-corrected chi connectivity index (χ0v) is 9.34. The van der Waals surface area contributed by atoms with Gasteiger partial charge in [-0.25, -0.2) is 5.10 Å². The number of terminal acetylenes is 1. The van der Waals surface area contributed by atoms with E-state index in [4.69, 9.17) is 6.42 Å². The summed E-state index contributed by atoms with van der Waals surface area (Å²) in [5.74, 6) is 2.38. The number of nitrogens with one attached hydrogen (secondary N) is 3. The third kappa shape index (κ3) is 2.82. The van der Waals surface area contributed by atoms with Gasteiger partial charge in [0.15, 0.2) is 0 Å². The Balaban J connectivity index is 2.01. The van der Waals surface area contributed by atoms with Crippen molar-refractivity contribution in [2.24, 2.45) is 0 Å². The van der Waals surface area contributed by atoms with E-state index in [-0.39, 0.29) is 11.9 Å². The standard InChI is InChI=1S/C11H10N6O/c1-2-7-12-9-5-3-8(4-6-9)10(18)13-11-14-16-17-15-11/h1,3-6,12H,7H2,(H2,13,14,15,16,17,18). The zero-order valence-electron chi connectivity index (χ0n) is 9.34. The average Bonchev–Trinajstić information content (AvgIpc) is 2.89. The van der Waals surface area contributed by atoms with Gasteiger partial charge in [-0.3, -0.25) is 10.1 Å². The highest BCUT2D eigenvalue weighted by atomic mass is 16.1. The van der Waals surface area contributed by atoms with Crippen molar-refractivity contribution >= 4 is 17.5 Å². The van der Waals surface area contributed by atoms with Crippen LogP contribution in [0, 0.1) is 12.3 Å². The van der Waals surface area contributed by atoms with Gasteiger partial charge in [-0.1, -0.05) is 11.0 Å². The fourth-order valence-corrected chi connectivity index (χ4v) is 1.28. The Morgan fingerprint density at radius 3 is 2.78 bits per heavy atom. The molecule has 0 fully saturated rings. The molecule has 0 saturated heterocycles. The second-order valence-corrected chi connectivity index (χ2v) is 3.34. The Bertz CT molecular complexity index is 554. The van der Waals surface area contributed by atoms with Crippen LogP contribution in [-0.4, -0.2) is 33.1 Å². The number of hydrogen-bond acceptors (Lipinski definition) is 5. The van der Waals surface area contributed by atoms with Gasteiger partial charge < -0.3 is 5.32 Å². The fraction of sp³-hybridized carbons (Fsp3) is 0.0909. The van der Waals surface area contributed by atoms with Crippen LogP contribution in [0.15, 0.2) is 24.3 Å². The van der Waals surface area contributed by atoms with E-state index in [2.05, 4.69) is 37.2 Å². The molecule has 1 aromatic carbocycles. The third-order valence-electron chi connectivity index (χ3n) is 2.12. The van der Waals surface area contributed by atoms with Crippen LogP contribution in [0.3, 0.4) is 0 Å². The van der Waals surface area contributed by atoms with Gasteiger partial charge >= 0.3 is 0 Å². The molecule has 90 valence electrons. The van der Waals surface area contributed by atoms with Crippen molar-refractivity contribution in [2.45, 2.75) is 0 Å². The minimum Gasteiger partial charge on any atom is -0.374 e. The summed E-state index contributed by atoms with van der Waals surface area (Å²) in [6.45, 7) is 0.440. The first-order valence-electron chi connectivity index (χ1n) is 5.12. The number of rotatable bonds is 4. The molecule has 0 aliphatic heterocycles. The summed E-state index contributed by atoms with van der Waals surface area (Å²) in [6, 6.07) is 6.89. The SMILES string of the molecule is C#CCNc1ccc(C(=O)Nc2nnn[nH]2)cc1. The third-order valence-corrected chi connectivity index (χ3v) is 2.12. The number of amides is 1. The minimum absolute atomic E-state index is 0.203. The molecule has 1 heterocycles. The van der Waals surface area contributed by atoms with Crippen molar-refractivity contribution in [2.75, 3.05) is 17.2 Å². The highest BCUT2D eigenvalue weighted by molar-refractivity contribution is 6.03. The number of carbonyl (C=O) groups excluding carboxylic acids is 1. The number of H-pyrrole nitrogens is 1. The molecule has 0 atom stereocenters. The quantitative estimate of drug-likeness (QED) is 0.678. The topological polar surface area (TPSA) is 95.6 Å². The van der Waals surface area contributed by atoms with Crippen LogP contribution in [0.25, 0.3) is 0 Å². The highest BCUT2D eigenvalue weighted by Gasteiger charge is 2.07. The molecule has 0 aliphatic rings. The molecule has 18 heavy (non-hydrogen) atoms. The zero-order chi connectivity index (χ0) is 12.8. The molecular formula is C11H10N6O. The van der Waals surface area contributed by atoms with Crippen molar-refractivity contribution in [3.63, 3.8) is 0 Å². The Hall–Kier alpha value is -2.88. The Morgan fingerprint density at radius 2 is 2.17 bits per heavy atom. The first-order chi connectivity index (χ1) is 8.79. The number of aromatic amines is 1. The number of anilines is 2. The smallest absolute Gasteiger partial charge is 0.258 e. The molecule has 1 amide bonds. The van der Waals surface area contributed by atoms with Gasteiger partial charge in [0.05, 0.1) is 6.54 Å². The molecule has 0 radical (unpaired) electrons. The number of benzene rings is 1. The monoisotopic (exact) mass is 242 g/mol. The van der Waals surface area contributed by atoms with Crippen LogP contribution < -0.4 is 10.6 Å². The van der Waals surface area contributed by atoms with Gasteiger partial charge in [0.1, 0.15) is 0 Å². The van der Waals surface area contributed by atoms with Crippen molar-refractivity contribution in [3.8, 4) is 12.3 Å². The van der Waals surface area contributed by atoms with Crippen molar-refractivity contribution in [3.05, 3.63) is 29.8 Å². The largest absolute Gasteiger partial charge is 0.374 e. The summed E-state index contributed by atoms with van der Waals surface area (Å²) in [6.07, 6.45) is 5.13. The first-order valence-corrected chi connectivity index (χ1v) is 5.12. The summed E-state index contributed by atoms with van der Waals surface area (Å²) in [5, 5.41) is 18.2. The van der Waals surface area contributed by atoms with E-state index in [1.54, 1.807) is 24.3 Å². The van der Waals surface area contributed by atoms with E-state index >= 15 is 0 Å². The molecule has 0 aliphatic carbocycles. The van der Waals surface area contributed by atoms with E-state index in [1.165, 1.54) is 0 Å². The van der Waals surface area contributed by atoms with Crippen molar-refractivity contribution < 1.29 is 4.79 Å². The lowest BCUT2D eigenvalue weighted by Crippen LogP contribution is -2.13. The second kappa shape index (κ2) is 5.45. The molecule has 1 aromatic heterocycles. The van der Waals surface area contributed by atoms with Gasteiger partial charge in [0.2, 0.25) is 5.95 Å². The molecule has 0 unspecified atom stereocenters. The second-order valence-electron chi connectivity index (χ2n) is 3.34. The van der Waals surface area contributed by atoms with Gasteiger partial charge in [0, 0.05) is 11.3 Å². The Morgan fingerprint density at radius 1 is 1.39 bits per heavy atom. The minimum atomic E-state index is -0.294. The van der Waals surface area contributed by atoms with Crippen molar-refractivity contribution in [1.82, 2.24) is 20.6 Å². The van der Waals surface area contributed by atoms with E-state index in [9.17, 15) is 4.79 Å². The Kier molecular flexibility index (Phi) is 3.51. The molecule has 0 spiro atoms. The number of hydrogen-bond donors (Lipinski definition) is 3. The lowest BCUT2D eigenvalue weighted by molar-refractivity contribution is 0.102. The van der Waals surface area contributed by atoms with Crippen LogP contribution in [0.5, 0.6) is 0 Å². The van der Waals surface area contributed by atoms with Gasteiger partial charge in [0.25, 0.3) is 5.91 Å².